The van der Waals surface area contributed by atoms with E-state index in [1.165, 1.54) is 24.1 Å². The number of hydrogen-bond donors (Lipinski definition) is 1. The van der Waals surface area contributed by atoms with Gasteiger partial charge in [-0.25, -0.2) is 8.78 Å². The Morgan fingerprint density at radius 2 is 1.92 bits per heavy atom. The number of nitrogens with one attached hydrogen (secondary N) is 1. The minimum Gasteiger partial charge on any atom is -0.438 e. The SMILES string of the molecule is CC(C)(C)C(=O)OCOP(C)(=O)C(C(=O)NC=Cc1cc(F)ccc1F)c1csc2ccc(Cl)cc12. The van der Waals surface area contributed by atoms with E-state index in [1.807, 2.05) is 0 Å². The van der Waals surface area contributed by atoms with Gasteiger partial charge in [-0.2, -0.15) is 0 Å². The molecule has 0 saturated heterocycles. The molecule has 36 heavy (non-hydrogen) atoms. The highest BCUT2D eigenvalue weighted by Crippen LogP contribution is 2.59. The number of fused-ring (bicyclic) bond motifs is 1. The van der Waals surface area contributed by atoms with E-state index in [2.05, 4.69) is 5.32 Å². The van der Waals surface area contributed by atoms with Gasteiger partial charge in [0.05, 0.1) is 5.41 Å². The predicted octanol–water partition coefficient (Wildman–Crippen LogP) is 7.13. The molecule has 1 aromatic heterocycles. The molecule has 3 rings (SSSR count). The maximum atomic E-state index is 13.9. The quantitative estimate of drug-likeness (QED) is 0.182. The highest BCUT2D eigenvalue weighted by atomic mass is 35.5. The Morgan fingerprint density at radius 3 is 2.61 bits per heavy atom. The first-order chi connectivity index (χ1) is 16.8. The minimum atomic E-state index is -3.80. The fraction of sp³-hybridized carbons (Fsp3) is 0.280. The van der Waals surface area contributed by atoms with Gasteiger partial charge in [0.15, 0.2) is 6.79 Å². The van der Waals surface area contributed by atoms with Crippen LogP contribution < -0.4 is 5.32 Å². The van der Waals surface area contributed by atoms with Gasteiger partial charge in [-0.05, 0) is 79.6 Å². The monoisotopic (exact) mass is 555 g/mol. The van der Waals surface area contributed by atoms with Gasteiger partial charge in [0, 0.05) is 28.2 Å². The molecule has 1 N–H and O–H groups in total. The summed E-state index contributed by atoms with van der Waals surface area (Å²) in [5, 5.41) is 5.20. The lowest BCUT2D eigenvalue weighted by atomic mass is 9.98. The summed E-state index contributed by atoms with van der Waals surface area (Å²) in [6.45, 7) is 5.64. The van der Waals surface area contributed by atoms with Gasteiger partial charge >= 0.3 is 5.97 Å². The van der Waals surface area contributed by atoms with Crippen LogP contribution in [0.3, 0.4) is 0 Å². The molecule has 0 radical (unpaired) electrons. The molecule has 0 saturated carbocycles. The van der Waals surface area contributed by atoms with Crippen molar-refractivity contribution in [1.29, 1.82) is 0 Å². The predicted molar refractivity (Wildman–Crippen MR) is 138 cm³/mol. The fourth-order valence-corrected chi connectivity index (χ4v) is 6.12. The van der Waals surface area contributed by atoms with Crippen molar-refractivity contribution in [3.8, 4) is 0 Å². The molecule has 1 heterocycles. The van der Waals surface area contributed by atoms with Gasteiger partial charge in [-0.3, -0.25) is 18.7 Å². The number of esters is 1. The topological polar surface area (TPSA) is 81.7 Å². The van der Waals surface area contributed by atoms with E-state index in [1.54, 1.807) is 44.4 Å². The molecule has 0 aliphatic carbocycles. The van der Waals surface area contributed by atoms with E-state index in [0.29, 0.717) is 16.0 Å². The lowest BCUT2D eigenvalue weighted by Crippen LogP contribution is -2.27. The largest absolute Gasteiger partial charge is 0.438 e. The standard InChI is InChI=1S/C25H25ClF2NO5PS/c1-25(2,3)24(31)33-14-34-35(4,32)22(19-13-36-21-8-5-16(26)12-18(19)21)23(30)29-10-9-15-11-17(27)6-7-20(15)28/h5-13,22H,14H2,1-4H3,(H,29,30). The van der Waals surface area contributed by atoms with E-state index < -0.39 is 48.7 Å². The van der Waals surface area contributed by atoms with Gasteiger partial charge in [0.2, 0.25) is 13.3 Å². The summed E-state index contributed by atoms with van der Waals surface area (Å²) >= 11 is 7.49. The van der Waals surface area contributed by atoms with Crippen LogP contribution in [0.4, 0.5) is 8.78 Å². The van der Waals surface area contributed by atoms with Crippen LogP contribution in [0.15, 0.2) is 48.0 Å². The molecule has 0 aliphatic rings. The first kappa shape index (κ1) is 28.0. The van der Waals surface area contributed by atoms with Crippen molar-refractivity contribution in [3.05, 3.63) is 75.8 Å². The third kappa shape index (κ3) is 6.79. The zero-order valence-corrected chi connectivity index (χ0v) is 22.5. The number of rotatable bonds is 8. The van der Waals surface area contributed by atoms with Crippen molar-refractivity contribution in [1.82, 2.24) is 5.32 Å². The summed E-state index contributed by atoms with van der Waals surface area (Å²) in [5.74, 6) is -2.59. The molecule has 2 aromatic carbocycles. The Morgan fingerprint density at radius 1 is 1.19 bits per heavy atom. The highest BCUT2D eigenvalue weighted by Gasteiger charge is 2.39. The average molecular weight is 556 g/mol. The molecule has 11 heteroatoms. The van der Waals surface area contributed by atoms with Crippen molar-refractivity contribution in [2.24, 2.45) is 5.41 Å². The second-order valence-electron chi connectivity index (χ2n) is 9.08. The van der Waals surface area contributed by atoms with Crippen molar-refractivity contribution in [2.45, 2.75) is 26.4 Å². The maximum Gasteiger partial charge on any atom is 0.313 e. The number of hydrogen-bond acceptors (Lipinski definition) is 6. The molecular formula is C25H25ClF2NO5PS. The summed E-state index contributed by atoms with van der Waals surface area (Å²) < 4.78 is 52.4. The molecular weight excluding hydrogens is 531 g/mol. The third-order valence-corrected chi connectivity index (χ3v) is 8.42. The molecule has 2 atom stereocenters. The Kier molecular flexibility index (Phi) is 8.72. The van der Waals surface area contributed by atoms with E-state index >= 15 is 0 Å². The van der Waals surface area contributed by atoms with Crippen LogP contribution in [-0.2, 0) is 23.4 Å². The second kappa shape index (κ2) is 11.2. The number of ether oxygens (including phenoxy) is 1. The normalized spacial score (nSPS) is 14.5. The average Bonchev–Trinajstić information content (AvgIpc) is 3.17. The fourth-order valence-electron chi connectivity index (χ4n) is 3.25. The number of benzene rings is 2. The second-order valence-corrected chi connectivity index (χ2v) is 13.0. The first-order valence-corrected chi connectivity index (χ1v) is 14.2. The van der Waals surface area contributed by atoms with Crippen LogP contribution >= 0.6 is 30.3 Å². The van der Waals surface area contributed by atoms with Crippen LogP contribution in [0.2, 0.25) is 5.02 Å². The molecule has 192 valence electrons. The number of thiophene rings is 1. The van der Waals surface area contributed by atoms with E-state index in [9.17, 15) is 22.9 Å². The number of halogens is 3. The first-order valence-electron chi connectivity index (χ1n) is 10.8. The Hall–Kier alpha value is -2.58. The molecule has 2 unspecified atom stereocenters. The molecule has 0 fully saturated rings. The van der Waals surface area contributed by atoms with Crippen molar-refractivity contribution < 1.29 is 32.2 Å². The third-order valence-electron chi connectivity index (χ3n) is 5.14. The van der Waals surface area contributed by atoms with Crippen molar-refractivity contribution >= 4 is 58.3 Å². The molecule has 0 bridgehead atoms. The van der Waals surface area contributed by atoms with Gasteiger partial charge in [0.1, 0.15) is 17.3 Å². The summed E-state index contributed by atoms with van der Waals surface area (Å²) in [5.41, 5.74) is -1.77. The summed E-state index contributed by atoms with van der Waals surface area (Å²) in [7, 11) is -3.80. The van der Waals surface area contributed by atoms with Gasteiger partial charge < -0.3 is 10.1 Å². The van der Waals surface area contributed by atoms with Crippen LogP contribution in [0, 0.1) is 17.0 Å². The number of carbonyl (C=O) groups excluding carboxylic acids is 2. The van der Waals surface area contributed by atoms with Gasteiger partial charge in [0.25, 0.3) is 0 Å². The smallest absolute Gasteiger partial charge is 0.313 e. The minimum absolute atomic E-state index is 0.0790. The van der Waals surface area contributed by atoms with E-state index in [0.717, 1.165) is 29.1 Å². The van der Waals surface area contributed by atoms with Gasteiger partial charge in [-0.1, -0.05) is 11.6 Å². The van der Waals surface area contributed by atoms with Gasteiger partial charge in [-0.15, -0.1) is 11.3 Å². The summed E-state index contributed by atoms with van der Waals surface area (Å²) in [6.07, 6.45) is 2.32. The zero-order valence-electron chi connectivity index (χ0n) is 20.0. The highest BCUT2D eigenvalue weighted by molar-refractivity contribution is 7.59. The van der Waals surface area contributed by atoms with Crippen LogP contribution in [0.25, 0.3) is 16.2 Å². The molecule has 0 spiro atoms. The maximum absolute atomic E-state index is 13.9. The molecule has 0 aliphatic heterocycles. The van der Waals surface area contributed by atoms with E-state index in [4.69, 9.17) is 20.9 Å². The van der Waals surface area contributed by atoms with Crippen LogP contribution in [-0.4, -0.2) is 25.3 Å². The number of amides is 1. The Bertz CT molecular complexity index is 1370. The molecule has 1 amide bonds. The number of carbonyl (C=O) groups is 2. The van der Waals surface area contributed by atoms with Crippen molar-refractivity contribution in [3.63, 3.8) is 0 Å². The lowest BCUT2D eigenvalue weighted by molar-refractivity contribution is -0.159. The van der Waals surface area contributed by atoms with Crippen LogP contribution in [0.5, 0.6) is 0 Å². The van der Waals surface area contributed by atoms with Crippen molar-refractivity contribution in [2.75, 3.05) is 13.5 Å². The molecule has 3 aromatic rings. The Labute approximate surface area is 216 Å². The lowest BCUT2D eigenvalue weighted by Gasteiger charge is -2.24. The van der Waals surface area contributed by atoms with E-state index in [-0.39, 0.29) is 5.56 Å². The molecule has 6 nitrogen and oxygen atoms in total. The summed E-state index contributed by atoms with van der Waals surface area (Å²) in [4.78, 5) is 25.4. The Balaban J connectivity index is 1.90. The summed E-state index contributed by atoms with van der Waals surface area (Å²) in [6, 6.07) is 8.05. The van der Waals surface area contributed by atoms with Crippen LogP contribution in [0.1, 0.15) is 37.6 Å². The zero-order chi connectivity index (χ0) is 26.7.